The second kappa shape index (κ2) is 4.12. The van der Waals surface area contributed by atoms with Gasteiger partial charge < -0.3 is 10.1 Å². The third-order valence-corrected chi connectivity index (χ3v) is 4.21. The van der Waals surface area contributed by atoms with Crippen LogP contribution in [-0.4, -0.2) is 25.7 Å². The highest BCUT2D eigenvalue weighted by molar-refractivity contribution is 5.73. The molecule has 86 valence electrons. The van der Waals surface area contributed by atoms with Gasteiger partial charge in [-0.05, 0) is 44.1 Å². The van der Waals surface area contributed by atoms with Crippen molar-refractivity contribution in [2.24, 2.45) is 17.3 Å². The predicted molar refractivity (Wildman–Crippen MR) is 58.4 cm³/mol. The summed E-state index contributed by atoms with van der Waals surface area (Å²) < 4.78 is 5.14. The number of ether oxygens (including phenoxy) is 1. The van der Waals surface area contributed by atoms with Gasteiger partial charge in [-0.2, -0.15) is 0 Å². The number of esters is 1. The van der Waals surface area contributed by atoms with Gasteiger partial charge in [-0.25, -0.2) is 0 Å². The Balaban J connectivity index is 2.05. The maximum Gasteiger partial charge on any atom is 0.309 e. The number of nitrogens with one attached hydrogen (secondary N) is 1. The molecule has 1 saturated heterocycles. The molecule has 0 aromatic carbocycles. The van der Waals surface area contributed by atoms with Crippen LogP contribution in [0.3, 0.4) is 0 Å². The van der Waals surface area contributed by atoms with Gasteiger partial charge in [-0.3, -0.25) is 4.79 Å². The topological polar surface area (TPSA) is 38.3 Å². The minimum Gasteiger partial charge on any atom is -0.466 e. The van der Waals surface area contributed by atoms with Crippen molar-refractivity contribution in [1.82, 2.24) is 5.32 Å². The number of hydrogen-bond donors (Lipinski definition) is 1. The van der Waals surface area contributed by atoms with E-state index >= 15 is 0 Å². The summed E-state index contributed by atoms with van der Waals surface area (Å²) in [5.41, 5.74) is 0.190. The lowest BCUT2D eigenvalue weighted by molar-refractivity contribution is -0.152. The molecule has 2 rings (SSSR count). The van der Waals surface area contributed by atoms with E-state index in [2.05, 4.69) is 5.32 Å². The maximum absolute atomic E-state index is 11.8. The third kappa shape index (κ3) is 1.89. The molecule has 0 amide bonds. The van der Waals surface area contributed by atoms with E-state index in [0.717, 1.165) is 19.0 Å². The molecule has 1 heterocycles. The van der Waals surface area contributed by atoms with Gasteiger partial charge in [0.05, 0.1) is 12.5 Å². The van der Waals surface area contributed by atoms with Crippen LogP contribution in [0.25, 0.3) is 0 Å². The van der Waals surface area contributed by atoms with E-state index in [1.54, 1.807) is 0 Å². The van der Waals surface area contributed by atoms with Gasteiger partial charge in [0.1, 0.15) is 0 Å². The van der Waals surface area contributed by atoms with Crippen LogP contribution in [0.5, 0.6) is 0 Å². The van der Waals surface area contributed by atoms with E-state index in [0.29, 0.717) is 6.61 Å². The minimum absolute atomic E-state index is 0.0122. The Hall–Kier alpha value is -0.570. The lowest BCUT2D eigenvalue weighted by Crippen LogP contribution is -2.45. The molecule has 1 aliphatic heterocycles. The molecule has 1 saturated carbocycles. The van der Waals surface area contributed by atoms with Crippen LogP contribution in [0, 0.1) is 17.3 Å². The van der Waals surface area contributed by atoms with Crippen LogP contribution in [0.4, 0.5) is 0 Å². The molecular formula is C12H21NO2. The predicted octanol–water partition coefficient (Wildman–Crippen LogP) is 1.58. The first-order valence-electron chi connectivity index (χ1n) is 6.05. The van der Waals surface area contributed by atoms with Crippen LogP contribution in [0.1, 0.15) is 33.1 Å². The Morgan fingerprint density at radius 3 is 3.20 bits per heavy atom. The molecule has 1 N–H and O–H groups in total. The SMILES string of the molecule is CCOC(=O)C(C)C12CCC(CNC1)C2. The lowest BCUT2D eigenvalue weighted by atomic mass is 9.72. The highest BCUT2D eigenvalue weighted by Crippen LogP contribution is 2.49. The van der Waals surface area contributed by atoms with E-state index in [9.17, 15) is 4.79 Å². The fourth-order valence-corrected chi connectivity index (χ4v) is 3.19. The molecule has 3 heteroatoms. The van der Waals surface area contributed by atoms with Gasteiger partial charge in [0.25, 0.3) is 0 Å². The minimum atomic E-state index is -0.0122. The fourth-order valence-electron chi connectivity index (χ4n) is 3.19. The van der Waals surface area contributed by atoms with E-state index in [1.165, 1.54) is 19.3 Å². The highest BCUT2D eigenvalue weighted by Gasteiger charge is 2.48. The first-order chi connectivity index (χ1) is 7.18. The Bertz CT molecular complexity index is 250. The lowest BCUT2D eigenvalue weighted by Gasteiger charge is -2.37. The summed E-state index contributed by atoms with van der Waals surface area (Å²) in [6.45, 7) is 6.53. The van der Waals surface area contributed by atoms with E-state index in [1.807, 2.05) is 13.8 Å². The van der Waals surface area contributed by atoms with Crippen LogP contribution < -0.4 is 5.32 Å². The molecule has 2 bridgehead atoms. The van der Waals surface area contributed by atoms with Gasteiger partial charge in [0, 0.05) is 6.54 Å². The third-order valence-electron chi connectivity index (χ3n) is 4.21. The zero-order valence-electron chi connectivity index (χ0n) is 9.71. The fraction of sp³-hybridized carbons (Fsp3) is 0.917. The zero-order chi connectivity index (χ0) is 10.9. The van der Waals surface area contributed by atoms with Gasteiger partial charge in [-0.15, -0.1) is 0 Å². The number of hydrogen-bond acceptors (Lipinski definition) is 3. The summed E-state index contributed by atoms with van der Waals surface area (Å²) in [6.07, 6.45) is 3.67. The van der Waals surface area contributed by atoms with Gasteiger partial charge in [0.2, 0.25) is 0 Å². The normalized spacial score (nSPS) is 36.3. The monoisotopic (exact) mass is 211 g/mol. The molecule has 2 fully saturated rings. The number of carbonyl (C=O) groups is 1. The Morgan fingerprint density at radius 1 is 1.67 bits per heavy atom. The molecule has 2 aliphatic rings. The van der Waals surface area contributed by atoms with Crippen LogP contribution in [-0.2, 0) is 9.53 Å². The maximum atomic E-state index is 11.8. The van der Waals surface area contributed by atoms with Crippen molar-refractivity contribution in [2.45, 2.75) is 33.1 Å². The van der Waals surface area contributed by atoms with Gasteiger partial charge >= 0.3 is 5.97 Å². The molecule has 0 spiro atoms. The molecule has 0 radical (unpaired) electrons. The van der Waals surface area contributed by atoms with Crippen molar-refractivity contribution in [3.8, 4) is 0 Å². The van der Waals surface area contributed by atoms with E-state index in [4.69, 9.17) is 4.74 Å². The van der Waals surface area contributed by atoms with Crippen molar-refractivity contribution in [3.05, 3.63) is 0 Å². The number of rotatable bonds is 3. The number of carbonyl (C=O) groups excluding carboxylic acids is 1. The highest BCUT2D eigenvalue weighted by atomic mass is 16.5. The molecule has 3 unspecified atom stereocenters. The summed E-state index contributed by atoms with van der Waals surface area (Å²) in [5.74, 6) is 0.827. The first kappa shape index (κ1) is 10.9. The summed E-state index contributed by atoms with van der Waals surface area (Å²) in [4.78, 5) is 11.8. The average molecular weight is 211 g/mol. The smallest absolute Gasteiger partial charge is 0.309 e. The van der Waals surface area contributed by atoms with Crippen molar-refractivity contribution in [1.29, 1.82) is 0 Å². The molecule has 0 aromatic heterocycles. The van der Waals surface area contributed by atoms with Crippen molar-refractivity contribution in [3.63, 3.8) is 0 Å². The van der Waals surface area contributed by atoms with Gasteiger partial charge in [-0.1, -0.05) is 6.92 Å². The average Bonchev–Trinajstić information content (AvgIpc) is 2.55. The number of fused-ring (bicyclic) bond motifs is 2. The molecular weight excluding hydrogens is 190 g/mol. The first-order valence-corrected chi connectivity index (χ1v) is 6.05. The second-order valence-electron chi connectivity index (χ2n) is 5.08. The van der Waals surface area contributed by atoms with Crippen LogP contribution in [0.2, 0.25) is 0 Å². The van der Waals surface area contributed by atoms with Crippen molar-refractivity contribution < 1.29 is 9.53 Å². The number of piperidine rings is 1. The van der Waals surface area contributed by atoms with Gasteiger partial charge in [0.15, 0.2) is 0 Å². The molecule has 3 nitrogen and oxygen atoms in total. The van der Waals surface area contributed by atoms with Crippen LogP contribution >= 0.6 is 0 Å². The Labute approximate surface area is 91.6 Å². The molecule has 3 atom stereocenters. The molecule has 1 aliphatic carbocycles. The van der Waals surface area contributed by atoms with E-state index < -0.39 is 0 Å². The Kier molecular flexibility index (Phi) is 3.01. The summed E-state index contributed by atoms with van der Waals surface area (Å²) in [6, 6.07) is 0. The molecule has 15 heavy (non-hydrogen) atoms. The second-order valence-corrected chi connectivity index (χ2v) is 5.08. The van der Waals surface area contributed by atoms with E-state index in [-0.39, 0.29) is 17.3 Å². The summed E-state index contributed by atoms with van der Waals surface area (Å²) in [7, 11) is 0. The Morgan fingerprint density at radius 2 is 2.47 bits per heavy atom. The summed E-state index contributed by atoms with van der Waals surface area (Å²) in [5, 5.41) is 3.46. The van der Waals surface area contributed by atoms with Crippen molar-refractivity contribution in [2.75, 3.05) is 19.7 Å². The van der Waals surface area contributed by atoms with Crippen LogP contribution in [0.15, 0.2) is 0 Å². The largest absolute Gasteiger partial charge is 0.466 e. The zero-order valence-corrected chi connectivity index (χ0v) is 9.71. The summed E-state index contributed by atoms with van der Waals surface area (Å²) >= 11 is 0. The molecule has 0 aromatic rings. The quantitative estimate of drug-likeness (QED) is 0.720. The van der Waals surface area contributed by atoms with Crippen molar-refractivity contribution >= 4 is 5.97 Å². The standard InChI is InChI=1S/C12H21NO2/c1-3-15-11(14)9(2)12-5-4-10(6-12)7-13-8-12/h9-10,13H,3-8H2,1-2H3.